The number of aromatic nitrogens is 2. The normalized spacial score (nSPS) is 16.7. The number of urea groups is 1. The SMILES string of the molecule is Cc1cccc(F)c1N1CCC(N2Cc3cn(CCN(C)C)nc3N(Cc3ccccc3C(F)(F)F)C2=O)CC1. The predicted molar refractivity (Wildman–Crippen MR) is 146 cm³/mol. The quantitative estimate of drug-likeness (QED) is 0.359. The molecule has 2 aliphatic heterocycles. The van der Waals surface area contributed by atoms with Crippen molar-refractivity contribution in [1.29, 1.82) is 0 Å². The van der Waals surface area contributed by atoms with Gasteiger partial charge in [0.1, 0.15) is 5.82 Å². The maximum absolute atomic E-state index is 14.6. The lowest BCUT2D eigenvalue weighted by molar-refractivity contribution is -0.138. The van der Waals surface area contributed by atoms with Crippen LogP contribution >= 0.6 is 0 Å². The van der Waals surface area contributed by atoms with Gasteiger partial charge >= 0.3 is 12.2 Å². The van der Waals surface area contributed by atoms with Gasteiger partial charge in [0.2, 0.25) is 0 Å². The van der Waals surface area contributed by atoms with E-state index in [1.54, 1.807) is 21.7 Å². The van der Waals surface area contributed by atoms with Crippen molar-refractivity contribution in [3.05, 3.63) is 76.7 Å². The van der Waals surface area contributed by atoms with Crippen molar-refractivity contribution < 1.29 is 22.4 Å². The minimum absolute atomic E-state index is 0.0174. The molecular weight excluding hydrogens is 524 g/mol. The molecule has 1 saturated heterocycles. The van der Waals surface area contributed by atoms with Crippen LogP contribution in [0.3, 0.4) is 0 Å². The first kappa shape index (κ1) is 27.9. The van der Waals surface area contributed by atoms with E-state index < -0.39 is 11.7 Å². The van der Waals surface area contributed by atoms with E-state index in [4.69, 9.17) is 0 Å². The summed E-state index contributed by atoms with van der Waals surface area (Å²) in [5, 5.41) is 4.63. The minimum Gasteiger partial charge on any atom is -0.369 e. The van der Waals surface area contributed by atoms with Crippen molar-refractivity contribution in [1.82, 2.24) is 19.6 Å². The molecule has 0 radical (unpaired) electrons. The second-order valence-corrected chi connectivity index (χ2v) is 10.8. The summed E-state index contributed by atoms with van der Waals surface area (Å²) in [6.07, 6.45) is -1.41. The highest BCUT2D eigenvalue weighted by Crippen LogP contribution is 2.37. The summed E-state index contributed by atoms with van der Waals surface area (Å²) in [6.45, 7) is 4.42. The fraction of sp³-hybridized carbons (Fsp3) is 0.448. The summed E-state index contributed by atoms with van der Waals surface area (Å²) in [5.74, 6) is 0.133. The molecule has 2 aromatic carbocycles. The monoisotopic (exact) mass is 558 g/mol. The Hall–Kier alpha value is -3.60. The summed E-state index contributed by atoms with van der Waals surface area (Å²) in [6, 6.07) is 9.88. The molecule has 3 aromatic rings. The van der Waals surface area contributed by atoms with Crippen LogP contribution in [0.4, 0.5) is 33.9 Å². The summed E-state index contributed by atoms with van der Waals surface area (Å²) in [7, 11) is 3.90. The van der Waals surface area contributed by atoms with E-state index in [9.17, 15) is 22.4 Å². The van der Waals surface area contributed by atoms with Gasteiger partial charge in [-0.05, 0) is 57.1 Å². The fourth-order valence-electron chi connectivity index (χ4n) is 5.66. The first-order valence-corrected chi connectivity index (χ1v) is 13.5. The van der Waals surface area contributed by atoms with Crippen molar-refractivity contribution in [3.8, 4) is 0 Å². The highest BCUT2D eigenvalue weighted by atomic mass is 19.4. The molecule has 40 heavy (non-hydrogen) atoms. The summed E-state index contributed by atoms with van der Waals surface area (Å²) >= 11 is 0. The van der Waals surface area contributed by atoms with Gasteiger partial charge in [-0.15, -0.1) is 0 Å². The van der Waals surface area contributed by atoms with Gasteiger partial charge in [-0.25, -0.2) is 9.18 Å². The average Bonchev–Trinajstić information content (AvgIpc) is 3.32. The van der Waals surface area contributed by atoms with Gasteiger partial charge in [0.15, 0.2) is 5.82 Å². The number of nitrogens with zero attached hydrogens (tertiary/aromatic N) is 6. The zero-order valence-corrected chi connectivity index (χ0v) is 23.0. The minimum atomic E-state index is -4.54. The van der Waals surface area contributed by atoms with Crippen LogP contribution in [0, 0.1) is 12.7 Å². The first-order chi connectivity index (χ1) is 19.0. The molecular formula is C29H34F4N6O. The van der Waals surface area contributed by atoms with E-state index in [-0.39, 0.29) is 30.0 Å². The van der Waals surface area contributed by atoms with Crippen molar-refractivity contribution in [2.45, 2.75) is 51.6 Å². The lowest BCUT2D eigenvalue weighted by atomic mass is 10.00. The molecule has 2 aliphatic rings. The van der Waals surface area contributed by atoms with Gasteiger partial charge in [-0.1, -0.05) is 30.3 Å². The molecule has 0 saturated carbocycles. The van der Waals surface area contributed by atoms with Crippen molar-refractivity contribution in [2.24, 2.45) is 0 Å². The van der Waals surface area contributed by atoms with E-state index in [0.29, 0.717) is 50.5 Å². The number of fused-ring (bicyclic) bond motifs is 1. The van der Waals surface area contributed by atoms with Crippen LogP contribution < -0.4 is 9.80 Å². The third-order valence-electron chi connectivity index (χ3n) is 7.73. The molecule has 2 amide bonds. The second-order valence-electron chi connectivity index (χ2n) is 10.8. The van der Waals surface area contributed by atoms with Gasteiger partial charge in [0.05, 0.1) is 30.9 Å². The molecule has 0 atom stereocenters. The summed E-state index contributed by atoms with van der Waals surface area (Å²) in [4.78, 5) is 21.1. The van der Waals surface area contributed by atoms with E-state index in [1.807, 2.05) is 43.1 Å². The van der Waals surface area contributed by atoms with Crippen LogP contribution in [0.25, 0.3) is 0 Å². The number of anilines is 2. The van der Waals surface area contributed by atoms with Crippen LogP contribution in [0.2, 0.25) is 0 Å². The molecule has 1 aromatic heterocycles. The zero-order chi connectivity index (χ0) is 28.6. The molecule has 0 N–H and O–H groups in total. The Morgan fingerprint density at radius 1 is 1.05 bits per heavy atom. The number of likely N-dealkylation sites (N-methyl/N-ethyl adjacent to an activating group) is 1. The Labute approximate surface area is 231 Å². The number of rotatable bonds is 7. The number of amides is 2. The van der Waals surface area contributed by atoms with Gasteiger partial charge < -0.3 is 14.7 Å². The lowest BCUT2D eigenvalue weighted by Gasteiger charge is -2.43. The molecule has 7 nitrogen and oxygen atoms in total. The number of halogens is 4. The van der Waals surface area contributed by atoms with Crippen LogP contribution in [0.15, 0.2) is 48.7 Å². The fourth-order valence-corrected chi connectivity index (χ4v) is 5.66. The van der Waals surface area contributed by atoms with Crippen LogP contribution in [0.1, 0.15) is 35.1 Å². The molecule has 0 spiro atoms. The molecule has 0 bridgehead atoms. The standard InChI is InChI=1S/C29H34F4N6O/c1-20-7-6-10-25(30)26(20)36-13-11-23(12-14-36)38-19-22-17-37(16-15-35(2)3)34-27(22)39(28(38)40)18-21-8-4-5-9-24(21)29(31,32)33/h4-10,17,23H,11-16,18-19H2,1-3H3. The van der Waals surface area contributed by atoms with Crippen molar-refractivity contribution >= 4 is 17.5 Å². The Morgan fingerprint density at radius 2 is 1.77 bits per heavy atom. The zero-order valence-electron chi connectivity index (χ0n) is 23.0. The van der Waals surface area contributed by atoms with Crippen LogP contribution in [-0.4, -0.2) is 65.4 Å². The van der Waals surface area contributed by atoms with Gasteiger partial charge in [0, 0.05) is 37.4 Å². The molecule has 214 valence electrons. The summed E-state index contributed by atoms with van der Waals surface area (Å²) in [5.41, 5.74) is 1.50. The van der Waals surface area contributed by atoms with Crippen molar-refractivity contribution in [3.63, 3.8) is 0 Å². The van der Waals surface area contributed by atoms with Gasteiger partial charge in [-0.3, -0.25) is 9.58 Å². The number of carbonyl (C=O) groups excluding carboxylic acids is 1. The Bertz CT molecular complexity index is 1340. The number of piperidine rings is 1. The number of alkyl halides is 3. The van der Waals surface area contributed by atoms with Crippen molar-refractivity contribution in [2.75, 3.05) is 43.5 Å². The molecule has 5 rings (SSSR count). The van der Waals surface area contributed by atoms with Gasteiger partial charge in [-0.2, -0.15) is 18.3 Å². The highest BCUT2D eigenvalue weighted by molar-refractivity contribution is 5.94. The smallest absolute Gasteiger partial charge is 0.369 e. The number of hydrogen-bond acceptors (Lipinski definition) is 4. The molecule has 1 fully saturated rings. The second kappa shape index (κ2) is 11.1. The molecule has 11 heteroatoms. The Kier molecular flexibility index (Phi) is 7.76. The van der Waals surface area contributed by atoms with Gasteiger partial charge in [0.25, 0.3) is 0 Å². The predicted octanol–water partition coefficient (Wildman–Crippen LogP) is 5.52. The first-order valence-electron chi connectivity index (χ1n) is 13.5. The molecule has 0 unspecified atom stereocenters. The maximum Gasteiger partial charge on any atom is 0.416 e. The number of benzene rings is 2. The van der Waals surface area contributed by atoms with E-state index >= 15 is 0 Å². The maximum atomic E-state index is 14.6. The van der Waals surface area contributed by atoms with E-state index in [2.05, 4.69) is 5.10 Å². The van der Waals surface area contributed by atoms with Crippen LogP contribution in [0.5, 0.6) is 0 Å². The van der Waals surface area contributed by atoms with E-state index in [1.165, 1.54) is 23.1 Å². The number of aryl methyl sites for hydroxylation is 1. The third kappa shape index (κ3) is 5.65. The molecule has 3 heterocycles. The topological polar surface area (TPSA) is 47.9 Å². The lowest BCUT2D eigenvalue weighted by Crippen LogP contribution is -2.54. The number of para-hydroxylation sites is 1. The summed E-state index contributed by atoms with van der Waals surface area (Å²) < 4.78 is 57.8. The highest BCUT2D eigenvalue weighted by Gasteiger charge is 2.40. The van der Waals surface area contributed by atoms with Crippen LogP contribution in [-0.2, 0) is 25.8 Å². The Morgan fingerprint density at radius 3 is 2.45 bits per heavy atom. The third-order valence-corrected chi connectivity index (χ3v) is 7.73. The van der Waals surface area contributed by atoms with E-state index in [0.717, 1.165) is 23.7 Å². The largest absolute Gasteiger partial charge is 0.416 e. The molecule has 0 aliphatic carbocycles. The Balaban J connectivity index is 1.42. The average molecular weight is 559 g/mol. The number of carbonyl (C=O) groups is 1. The number of hydrogen-bond donors (Lipinski definition) is 0.